The lowest BCUT2D eigenvalue weighted by molar-refractivity contribution is 0.0782. The summed E-state index contributed by atoms with van der Waals surface area (Å²) in [4.78, 5) is 29.0. The molecule has 1 aliphatic heterocycles. The van der Waals surface area contributed by atoms with Gasteiger partial charge in [0.15, 0.2) is 5.78 Å². The molecular weight excluding hydrogens is 316 g/mol. The second-order valence-corrected chi connectivity index (χ2v) is 6.61. The number of amides is 1. The first kappa shape index (κ1) is 17.2. The van der Waals surface area contributed by atoms with Gasteiger partial charge in [0.2, 0.25) is 0 Å². The number of hydrogen-bond donors (Lipinski definition) is 1. The quantitative estimate of drug-likeness (QED) is 0.870. The Labute approximate surface area is 147 Å². The van der Waals surface area contributed by atoms with E-state index in [1.807, 2.05) is 19.0 Å². The predicted octanol–water partition coefficient (Wildman–Crippen LogP) is 2.40. The fourth-order valence-electron chi connectivity index (χ4n) is 3.11. The van der Waals surface area contributed by atoms with Crippen molar-refractivity contribution >= 4 is 11.7 Å². The Morgan fingerprint density at radius 1 is 1.04 bits per heavy atom. The molecule has 0 aromatic heterocycles. The summed E-state index contributed by atoms with van der Waals surface area (Å²) in [5, 5.41) is 9.50. The Morgan fingerprint density at radius 2 is 1.72 bits per heavy atom. The average molecular weight is 338 g/mol. The number of likely N-dealkylation sites (tertiary alicyclic amines) is 1. The van der Waals surface area contributed by atoms with E-state index in [2.05, 4.69) is 4.90 Å². The van der Waals surface area contributed by atoms with E-state index in [-0.39, 0.29) is 17.4 Å². The van der Waals surface area contributed by atoms with Crippen molar-refractivity contribution in [1.82, 2.24) is 9.80 Å². The lowest BCUT2D eigenvalue weighted by atomic mass is 10.0. The summed E-state index contributed by atoms with van der Waals surface area (Å²) in [5.41, 5.74) is 1.51. The van der Waals surface area contributed by atoms with Gasteiger partial charge in [-0.1, -0.05) is 24.3 Å². The van der Waals surface area contributed by atoms with Crippen LogP contribution in [0.25, 0.3) is 0 Å². The minimum absolute atomic E-state index is 0.000652. The molecule has 0 bridgehead atoms. The molecule has 1 aliphatic rings. The smallest absolute Gasteiger partial charge is 0.253 e. The van der Waals surface area contributed by atoms with Crippen LogP contribution in [-0.2, 0) is 0 Å². The van der Waals surface area contributed by atoms with Gasteiger partial charge in [0.05, 0.1) is 0 Å². The molecule has 1 saturated heterocycles. The van der Waals surface area contributed by atoms with Crippen LogP contribution in [-0.4, -0.2) is 59.8 Å². The minimum Gasteiger partial charge on any atom is -0.508 e. The fraction of sp³-hybridized carbons (Fsp3) is 0.300. The maximum Gasteiger partial charge on any atom is 0.253 e. The molecule has 0 saturated carbocycles. The molecule has 1 atom stereocenters. The highest BCUT2D eigenvalue weighted by Crippen LogP contribution is 2.19. The molecule has 1 fully saturated rings. The SMILES string of the molecule is CN(C)[C@@H]1CCN(C(=O)c2ccc(C(=O)c3cccc(O)c3)cc2)C1. The first-order valence-corrected chi connectivity index (χ1v) is 8.35. The molecule has 0 aliphatic carbocycles. The summed E-state index contributed by atoms with van der Waals surface area (Å²) in [6, 6.07) is 13.4. The lowest BCUT2D eigenvalue weighted by Gasteiger charge is -2.20. The van der Waals surface area contributed by atoms with Crippen molar-refractivity contribution in [3.63, 3.8) is 0 Å². The summed E-state index contributed by atoms with van der Waals surface area (Å²) in [7, 11) is 4.06. The van der Waals surface area contributed by atoms with Gasteiger partial charge in [-0.25, -0.2) is 0 Å². The van der Waals surface area contributed by atoms with E-state index in [1.165, 1.54) is 12.1 Å². The zero-order valence-corrected chi connectivity index (χ0v) is 14.5. The summed E-state index contributed by atoms with van der Waals surface area (Å²) >= 11 is 0. The van der Waals surface area contributed by atoms with Gasteiger partial charge in [0.25, 0.3) is 5.91 Å². The Kier molecular flexibility index (Phi) is 4.86. The van der Waals surface area contributed by atoms with E-state index < -0.39 is 0 Å². The number of hydrogen-bond acceptors (Lipinski definition) is 4. The van der Waals surface area contributed by atoms with Crippen molar-refractivity contribution < 1.29 is 14.7 Å². The van der Waals surface area contributed by atoms with E-state index in [1.54, 1.807) is 36.4 Å². The van der Waals surface area contributed by atoms with Gasteiger partial charge in [-0.05, 0) is 44.8 Å². The maximum absolute atomic E-state index is 12.6. The van der Waals surface area contributed by atoms with Gasteiger partial charge in [-0.15, -0.1) is 0 Å². The molecule has 2 aromatic carbocycles. The average Bonchev–Trinajstić information content (AvgIpc) is 3.11. The normalized spacial score (nSPS) is 17.1. The third kappa shape index (κ3) is 3.72. The van der Waals surface area contributed by atoms with Crippen molar-refractivity contribution in [3.05, 3.63) is 65.2 Å². The van der Waals surface area contributed by atoms with Crippen molar-refractivity contribution in [2.45, 2.75) is 12.5 Å². The van der Waals surface area contributed by atoms with Crippen LogP contribution in [0.15, 0.2) is 48.5 Å². The summed E-state index contributed by atoms with van der Waals surface area (Å²) in [6.07, 6.45) is 0.979. The highest BCUT2D eigenvalue weighted by molar-refractivity contribution is 6.09. The zero-order valence-electron chi connectivity index (χ0n) is 14.5. The Hall–Kier alpha value is -2.66. The van der Waals surface area contributed by atoms with E-state index in [4.69, 9.17) is 0 Å². The molecule has 0 spiro atoms. The van der Waals surface area contributed by atoms with Crippen LogP contribution in [0.2, 0.25) is 0 Å². The van der Waals surface area contributed by atoms with Crippen LogP contribution in [0, 0.1) is 0 Å². The Balaban J connectivity index is 1.72. The summed E-state index contributed by atoms with van der Waals surface area (Å²) in [6.45, 7) is 1.49. The van der Waals surface area contributed by atoms with E-state index in [0.29, 0.717) is 22.7 Å². The minimum atomic E-state index is -0.177. The Morgan fingerprint density at radius 3 is 2.32 bits per heavy atom. The molecule has 2 aromatic rings. The third-order valence-corrected chi connectivity index (χ3v) is 4.68. The van der Waals surface area contributed by atoms with Crippen LogP contribution >= 0.6 is 0 Å². The van der Waals surface area contributed by atoms with Crippen molar-refractivity contribution in [2.75, 3.05) is 27.2 Å². The van der Waals surface area contributed by atoms with E-state index in [0.717, 1.165) is 19.5 Å². The summed E-state index contributed by atoms with van der Waals surface area (Å²) in [5.74, 6) is -0.119. The zero-order chi connectivity index (χ0) is 18.0. The molecule has 0 radical (unpaired) electrons. The number of likely N-dealkylation sites (N-methyl/N-ethyl adjacent to an activating group) is 1. The first-order chi connectivity index (χ1) is 12.0. The van der Waals surface area contributed by atoms with Crippen molar-refractivity contribution in [2.24, 2.45) is 0 Å². The standard InChI is InChI=1S/C20H22N2O3/c1-21(2)17-10-11-22(13-17)20(25)15-8-6-14(7-9-15)19(24)16-4-3-5-18(23)12-16/h3-9,12,17,23H,10-11,13H2,1-2H3/t17-/m1/s1. The number of ketones is 1. The van der Waals surface area contributed by atoms with Crippen molar-refractivity contribution in [3.8, 4) is 5.75 Å². The number of carbonyl (C=O) groups is 2. The highest BCUT2D eigenvalue weighted by atomic mass is 16.3. The number of phenolic OH excluding ortho intramolecular Hbond substituents is 1. The molecule has 5 nitrogen and oxygen atoms in total. The topological polar surface area (TPSA) is 60.9 Å². The number of rotatable bonds is 4. The fourth-order valence-corrected chi connectivity index (χ4v) is 3.11. The Bertz CT molecular complexity index is 784. The monoisotopic (exact) mass is 338 g/mol. The molecular formula is C20H22N2O3. The van der Waals surface area contributed by atoms with Crippen LogP contribution in [0.3, 0.4) is 0 Å². The molecule has 1 amide bonds. The largest absolute Gasteiger partial charge is 0.508 e. The summed E-state index contributed by atoms with van der Waals surface area (Å²) < 4.78 is 0. The molecule has 3 rings (SSSR count). The second-order valence-electron chi connectivity index (χ2n) is 6.61. The van der Waals surface area contributed by atoms with Gasteiger partial charge in [0, 0.05) is 35.8 Å². The number of nitrogens with zero attached hydrogens (tertiary/aromatic N) is 2. The molecule has 1 N–H and O–H groups in total. The van der Waals surface area contributed by atoms with Crippen molar-refractivity contribution in [1.29, 1.82) is 0 Å². The third-order valence-electron chi connectivity index (χ3n) is 4.68. The van der Waals surface area contributed by atoms with Gasteiger partial charge in [-0.3, -0.25) is 9.59 Å². The second kappa shape index (κ2) is 7.07. The van der Waals surface area contributed by atoms with Crippen LogP contribution in [0.5, 0.6) is 5.75 Å². The van der Waals surface area contributed by atoms with Crippen LogP contribution in [0.4, 0.5) is 0 Å². The predicted molar refractivity (Wildman–Crippen MR) is 96.0 cm³/mol. The number of benzene rings is 2. The molecule has 0 unspecified atom stereocenters. The highest BCUT2D eigenvalue weighted by Gasteiger charge is 2.28. The van der Waals surface area contributed by atoms with Crippen LogP contribution in [0.1, 0.15) is 32.7 Å². The number of phenols is 1. The van der Waals surface area contributed by atoms with E-state index in [9.17, 15) is 14.7 Å². The number of aromatic hydroxyl groups is 1. The van der Waals surface area contributed by atoms with E-state index >= 15 is 0 Å². The van der Waals surface area contributed by atoms with Gasteiger partial charge < -0.3 is 14.9 Å². The van der Waals surface area contributed by atoms with Gasteiger partial charge in [-0.2, -0.15) is 0 Å². The molecule has 130 valence electrons. The molecule has 5 heteroatoms. The lowest BCUT2D eigenvalue weighted by Crippen LogP contribution is -2.34. The maximum atomic E-state index is 12.6. The molecule has 25 heavy (non-hydrogen) atoms. The van der Waals surface area contributed by atoms with Gasteiger partial charge in [0.1, 0.15) is 5.75 Å². The van der Waals surface area contributed by atoms with Gasteiger partial charge >= 0.3 is 0 Å². The first-order valence-electron chi connectivity index (χ1n) is 8.35. The number of carbonyl (C=O) groups excluding carboxylic acids is 2. The molecule has 1 heterocycles. The van der Waals surface area contributed by atoms with Crippen LogP contribution < -0.4 is 0 Å².